The second-order valence-electron chi connectivity index (χ2n) is 5.96. The Balaban J connectivity index is 2.01. The minimum absolute atomic E-state index is 0.0112. The number of fused-ring (bicyclic) bond motifs is 2. The maximum absolute atomic E-state index is 13.0. The van der Waals surface area contributed by atoms with Crippen LogP contribution in [0.4, 0.5) is 5.69 Å². The Morgan fingerprint density at radius 2 is 2.00 bits per heavy atom. The number of anilines is 1. The summed E-state index contributed by atoms with van der Waals surface area (Å²) in [4.78, 5) is 18.1. The van der Waals surface area contributed by atoms with Gasteiger partial charge in [-0.2, -0.15) is 0 Å². The fourth-order valence-corrected chi connectivity index (χ4v) is 3.01. The van der Waals surface area contributed by atoms with Crippen LogP contribution >= 0.6 is 0 Å². The minimum atomic E-state index is 0.0112. The van der Waals surface area contributed by atoms with E-state index in [2.05, 4.69) is 25.4 Å². The van der Waals surface area contributed by atoms with Gasteiger partial charge in [0, 0.05) is 47.3 Å². The molecule has 116 valence electrons. The molecule has 2 aromatic carbocycles. The Labute approximate surface area is 132 Å². The van der Waals surface area contributed by atoms with Gasteiger partial charge in [0.25, 0.3) is 0 Å². The molecule has 0 aliphatic carbocycles. The second kappa shape index (κ2) is 5.17. The van der Waals surface area contributed by atoms with Gasteiger partial charge in [-0.15, -0.1) is 10.2 Å². The first-order valence-corrected chi connectivity index (χ1v) is 7.56. The monoisotopic (exact) mass is 307 g/mol. The lowest BCUT2D eigenvalue weighted by molar-refractivity contribution is 0.425. The van der Waals surface area contributed by atoms with Crippen molar-refractivity contribution in [3.05, 3.63) is 40.8 Å². The molecule has 23 heavy (non-hydrogen) atoms. The predicted molar refractivity (Wildman–Crippen MR) is 93.4 cm³/mol. The van der Waals surface area contributed by atoms with Crippen molar-refractivity contribution in [2.24, 2.45) is 0 Å². The number of hydrogen-bond acceptors (Lipinski definition) is 5. The summed E-state index contributed by atoms with van der Waals surface area (Å²) in [6.07, 6.45) is 3.54. The van der Waals surface area contributed by atoms with Crippen molar-refractivity contribution in [2.75, 3.05) is 32.5 Å². The molecule has 0 saturated heterocycles. The van der Waals surface area contributed by atoms with Crippen LogP contribution in [0, 0.1) is 0 Å². The molecule has 0 aliphatic heterocycles. The van der Waals surface area contributed by atoms with Crippen LogP contribution in [0.15, 0.2) is 35.4 Å². The molecule has 2 aromatic heterocycles. The molecule has 4 aromatic rings. The lowest BCUT2D eigenvalue weighted by Gasteiger charge is -2.13. The first kappa shape index (κ1) is 13.9. The number of aromatic nitrogens is 3. The summed E-state index contributed by atoms with van der Waals surface area (Å²) >= 11 is 0. The summed E-state index contributed by atoms with van der Waals surface area (Å²) in [6, 6.07) is 5.72. The zero-order valence-electron chi connectivity index (χ0n) is 13.1. The molecule has 0 fully saturated rings. The van der Waals surface area contributed by atoms with Gasteiger partial charge in [-0.1, -0.05) is 0 Å². The normalized spacial score (nSPS) is 12.0. The zero-order chi connectivity index (χ0) is 16.0. The number of nitrogens with one attached hydrogen (secondary N) is 2. The number of hydrogen-bond donors (Lipinski definition) is 2. The summed E-state index contributed by atoms with van der Waals surface area (Å²) in [5, 5.41) is 14.9. The third-order valence-corrected chi connectivity index (χ3v) is 4.14. The first-order chi connectivity index (χ1) is 11.2. The lowest BCUT2D eigenvalue weighted by atomic mass is 10.0. The topological polar surface area (TPSA) is 73.9 Å². The molecule has 0 radical (unpaired) electrons. The van der Waals surface area contributed by atoms with Crippen LogP contribution in [0.3, 0.4) is 0 Å². The van der Waals surface area contributed by atoms with Crippen LogP contribution in [0.5, 0.6) is 0 Å². The lowest BCUT2D eigenvalue weighted by Crippen LogP contribution is -2.21. The Morgan fingerprint density at radius 1 is 1.13 bits per heavy atom. The van der Waals surface area contributed by atoms with Gasteiger partial charge in [-0.3, -0.25) is 4.79 Å². The molecule has 6 nitrogen and oxygen atoms in total. The van der Waals surface area contributed by atoms with E-state index < -0.39 is 0 Å². The van der Waals surface area contributed by atoms with Crippen molar-refractivity contribution in [2.45, 2.75) is 0 Å². The molecule has 0 unspecified atom stereocenters. The predicted octanol–water partition coefficient (Wildman–Crippen LogP) is 2.04. The molecule has 4 rings (SSSR count). The maximum Gasteiger partial charge on any atom is 0.198 e. The van der Waals surface area contributed by atoms with E-state index in [1.54, 1.807) is 12.4 Å². The third kappa shape index (κ3) is 2.10. The van der Waals surface area contributed by atoms with E-state index in [1.807, 2.05) is 32.3 Å². The minimum Gasteiger partial charge on any atom is -0.383 e. The van der Waals surface area contributed by atoms with Crippen LogP contribution in [-0.4, -0.2) is 47.3 Å². The van der Waals surface area contributed by atoms with Gasteiger partial charge in [0.15, 0.2) is 5.43 Å². The molecule has 0 amide bonds. The van der Waals surface area contributed by atoms with Crippen LogP contribution in [0.2, 0.25) is 0 Å². The maximum atomic E-state index is 13.0. The van der Waals surface area contributed by atoms with Gasteiger partial charge >= 0.3 is 0 Å². The number of benzene rings is 2. The van der Waals surface area contributed by atoms with Gasteiger partial charge in [0.2, 0.25) is 0 Å². The summed E-state index contributed by atoms with van der Waals surface area (Å²) in [6.45, 7) is 1.66. The van der Waals surface area contributed by atoms with Crippen molar-refractivity contribution in [3.8, 4) is 0 Å². The van der Waals surface area contributed by atoms with Gasteiger partial charge in [-0.05, 0) is 32.3 Å². The Kier molecular flexibility index (Phi) is 3.12. The first-order valence-electron chi connectivity index (χ1n) is 7.56. The van der Waals surface area contributed by atoms with E-state index in [9.17, 15) is 4.79 Å². The van der Waals surface area contributed by atoms with Gasteiger partial charge in [-0.25, -0.2) is 0 Å². The van der Waals surface area contributed by atoms with Gasteiger partial charge in [0.1, 0.15) is 5.52 Å². The Morgan fingerprint density at radius 3 is 2.83 bits per heavy atom. The summed E-state index contributed by atoms with van der Waals surface area (Å²) in [7, 11) is 4.05. The molecular weight excluding hydrogens is 290 g/mol. The number of likely N-dealkylation sites (N-methyl/N-ethyl adjacent to an activating group) is 1. The van der Waals surface area contributed by atoms with Crippen molar-refractivity contribution in [3.63, 3.8) is 0 Å². The number of nitrogens with zero attached hydrogens (tertiary/aromatic N) is 3. The van der Waals surface area contributed by atoms with Crippen molar-refractivity contribution in [1.82, 2.24) is 20.1 Å². The van der Waals surface area contributed by atoms with Crippen LogP contribution in [0.1, 0.15) is 0 Å². The van der Waals surface area contributed by atoms with Crippen molar-refractivity contribution >= 4 is 38.3 Å². The van der Waals surface area contributed by atoms with Crippen LogP contribution < -0.4 is 10.7 Å². The molecule has 6 heteroatoms. The summed E-state index contributed by atoms with van der Waals surface area (Å²) < 4.78 is 0. The highest BCUT2D eigenvalue weighted by molar-refractivity contribution is 6.21. The quantitative estimate of drug-likeness (QED) is 0.564. The molecule has 0 saturated carbocycles. The SMILES string of the molecule is CN(C)CCNc1ccc2nnc3c4cc[nH]cc4c(=O)c1c23. The van der Waals surface area contributed by atoms with Crippen LogP contribution in [0.25, 0.3) is 32.6 Å². The van der Waals surface area contributed by atoms with Crippen molar-refractivity contribution in [1.29, 1.82) is 0 Å². The number of pyridine rings is 1. The van der Waals surface area contributed by atoms with E-state index in [-0.39, 0.29) is 5.43 Å². The van der Waals surface area contributed by atoms with E-state index in [1.165, 1.54) is 0 Å². The van der Waals surface area contributed by atoms with E-state index in [0.29, 0.717) is 10.8 Å². The molecule has 0 atom stereocenters. The molecule has 2 N–H and O–H groups in total. The molecule has 0 aliphatic rings. The number of H-pyrrole nitrogens is 1. The standard InChI is InChI=1S/C17H17N5O/c1-22(2)8-7-19-12-3-4-13-14-15(12)17(23)11-9-18-6-5-10(11)16(14)21-20-13/h3-6,9,18-19H,7-8H2,1-2H3. The number of aromatic amines is 1. The van der Waals surface area contributed by atoms with Crippen molar-refractivity contribution < 1.29 is 0 Å². The second-order valence-corrected chi connectivity index (χ2v) is 5.96. The molecule has 2 heterocycles. The third-order valence-electron chi connectivity index (χ3n) is 4.14. The largest absolute Gasteiger partial charge is 0.383 e. The highest BCUT2D eigenvalue weighted by Crippen LogP contribution is 2.32. The molecule has 0 spiro atoms. The fourth-order valence-electron chi connectivity index (χ4n) is 3.01. The molecule has 0 bridgehead atoms. The van der Waals surface area contributed by atoms with Crippen LogP contribution in [-0.2, 0) is 0 Å². The Hall–Kier alpha value is -2.73. The average molecular weight is 307 g/mol. The Bertz CT molecular complexity index is 1050. The smallest absolute Gasteiger partial charge is 0.198 e. The van der Waals surface area contributed by atoms with E-state index >= 15 is 0 Å². The van der Waals surface area contributed by atoms with Gasteiger partial charge < -0.3 is 15.2 Å². The van der Waals surface area contributed by atoms with E-state index in [0.717, 1.165) is 40.6 Å². The summed E-state index contributed by atoms with van der Waals surface area (Å²) in [5.74, 6) is 0. The number of rotatable bonds is 4. The molecular formula is C17H17N5O. The fraction of sp³-hybridized carbons (Fsp3) is 0.235. The summed E-state index contributed by atoms with van der Waals surface area (Å²) in [5.41, 5.74) is 2.40. The zero-order valence-corrected chi connectivity index (χ0v) is 13.1. The highest BCUT2D eigenvalue weighted by Gasteiger charge is 2.17. The van der Waals surface area contributed by atoms with Gasteiger partial charge in [0.05, 0.1) is 10.9 Å². The highest BCUT2D eigenvalue weighted by atomic mass is 16.1. The average Bonchev–Trinajstić information content (AvgIpc) is 2.97. The van der Waals surface area contributed by atoms with E-state index in [4.69, 9.17) is 0 Å².